The summed E-state index contributed by atoms with van der Waals surface area (Å²) in [6.07, 6.45) is 5.99. The molecule has 1 aromatic rings. The molecule has 0 aliphatic carbocycles. The van der Waals surface area contributed by atoms with E-state index in [1.54, 1.807) is 9.13 Å². The van der Waals surface area contributed by atoms with Gasteiger partial charge in [0.2, 0.25) is 0 Å². The molecule has 0 bridgehead atoms. The Labute approximate surface area is 97.3 Å². The molecule has 0 saturated heterocycles. The van der Waals surface area contributed by atoms with Crippen LogP contribution in [0.4, 0.5) is 0 Å². The number of nitrogens with one attached hydrogen (secondary N) is 1. The van der Waals surface area contributed by atoms with E-state index in [4.69, 9.17) is 0 Å². The summed E-state index contributed by atoms with van der Waals surface area (Å²) in [7, 11) is 0. The summed E-state index contributed by atoms with van der Waals surface area (Å²) >= 11 is 0. The van der Waals surface area contributed by atoms with Crippen LogP contribution in [-0.4, -0.2) is 21.7 Å². The topological polar surface area (TPSA) is 39.0 Å². The summed E-state index contributed by atoms with van der Waals surface area (Å²) in [5.74, 6) is 0. The van der Waals surface area contributed by atoms with Crippen LogP contribution in [0.25, 0.3) is 0 Å². The van der Waals surface area contributed by atoms with Crippen LogP contribution in [0, 0.1) is 0 Å². The monoisotopic (exact) mass is 225 g/mol. The maximum absolute atomic E-state index is 11.8. The lowest BCUT2D eigenvalue weighted by Gasteiger charge is -2.16. The fourth-order valence-corrected chi connectivity index (χ4v) is 1.97. The van der Waals surface area contributed by atoms with E-state index in [1.165, 1.54) is 0 Å². The van der Waals surface area contributed by atoms with Gasteiger partial charge < -0.3 is 5.32 Å². The van der Waals surface area contributed by atoms with Crippen molar-refractivity contribution in [3.63, 3.8) is 0 Å². The minimum atomic E-state index is 0.0986. The van der Waals surface area contributed by atoms with Gasteiger partial charge in [-0.1, -0.05) is 20.3 Å². The summed E-state index contributed by atoms with van der Waals surface area (Å²) in [5.41, 5.74) is 0.0986. The SMILES string of the molecule is CCCC(Cn1ccn(CC)c1=O)NCC. The Morgan fingerprint density at radius 3 is 2.44 bits per heavy atom. The van der Waals surface area contributed by atoms with Gasteiger partial charge in [0.15, 0.2) is 0 Å². The average molecular weight is 225 g/mol. The van der Waals surface area contributed by atoms with E-state index < -0.39 is 0 Å². The van der Waals surface area contributed by atoms with Crippen molar-refractivity contribution < 1.29 is 0 Å². The Bertz CT molecular complexity index is 347. The Balaban J connectivity index is 2.69. The molecule has 0 fully saturated rings. The van der Waals surface area contributed by atoms with Gasteiger partial charge in [-0.05, 0) is 19.9 Å². The third kappa shape index (κ3) is 3.23. The first-order valence-electron chi connectivity index (χ1n) is 6.21. The number of rotatable bonds is 7. The molecule has 0 aromatic carbocycles. The molecule has 4 nitrogen and oxygen atoms in total. The maximum Gasteiger partial charge on any atom is 0.328 e. The molecule has 4 heteroatoms. The van der Waals surface area contributed by atoms with Crippen LogP contribution in [-0.2, 0) is 13.1 Å². The standard InChI is InChI=1S/C12H23N3O/c1-4-7-11(13-5-2)10-15-9-8-14(6-3)12(15)16/h8-9,11,13H,4-7,10H2,1-3H3. The highest BCUT2D eigenvalue weighted by Gasteiger charge is 2.09. The molecule has 0 spiro atoms. The van der Waals surface area contributed by atoms with Crippen LogP contribution in [0.3, 0.4) is 0 Å². The van der Waals surface area contributed by atoms with Crippen molar-refractivity contribution in [2.75, 3.05) is 6.54 Å². The number of nitrogens with zero attached hydrogens (tertiary/aromatic N) is 2. The van der Waals surface area contributed by atoms with Gasteiger partial charge in [-0.2, -0.15) is 0 Å². The molecule has 1 unspecified atom stereocenters. The molecule has 1 rings (SSSR count). The molecule has 0 amide bonds. The fraction of sp³-hybridized carbons (Fsp3) is 0.750. The zero-order valence-electron chi connectivity index (χ0n) is 10.6. The van der Waals surface area contributed by atoms with Crippen molar-refractivity contribution in [3.8, 4) is 0 Å². The first-order valence-corrected chi connectivity index (χ1v) is 6.21. The minimum absolute atomic E-state index is 0.0986. The molecule has 0 aliphatic rings. The summed E-state index contributed by atoms with van der Waals surface area (Å²) in [6, 6.07) is 0.403. The highest BCUT2D eigenvalue weighted by atomic mass is 16.1. The van der Waals surface area contributed by atoms with E-state index in [0.29, 0.717) is 6.04 Å². The van der Waals surface area contributed by atoms with E-state index >= 15 is 0 Å². The molecule has 1 aromatic heterocycles. The molecule has 1 atom stereocenters. The Morgan fingerprint density at radius 1 is 1.25 bits per heavy atom. The zero-order chi connectivity index (χ0) is 12.0. The van der Waals surface area contributed by atoms with Crippen molar-refractivity contribution in [3.05, 3.63) is 22.9 Å². The molecule has 1 heterocycles. The van der Waals surface area contributed by atoms with Crippen LogP contribution >= 0.6 is 0 Å². The van der Waals surface area contributed by atoms with Gasteiger partial charge in [0.25, 0.3) is 0 Å². The number of imidazole rings is 1. The highest BCUT2D eigenvalue weighted by molar-refractivity contribution is 4.83. The van der Waals surface area contributed by atoms with E-state index in [1.807, 2.05) is 19.3 Å². The second kappa shape index (κ2) is 6.53. The van der Waals surface area contributed by atoms with Crippen LogP contribution < -0.4 is 11.0 Å². The third-order valence-corrected chi connectivity index (χ3v) is 2.81. The van der Waals surface area contributed by atoms with Crippen LogP contribution in [0.1, 0.15) is 33.6 Å². The molecule has 0 saturated carbocycles. The lowest BCUT2D eigenvalue weighted by molar-refractivity contribution is 0.420. The first kappa shape index (κ1) is 13.0. The largest absolute Gasteiger partial charge is 0.328 e. The van der Waals surface area contributed by atoms with Crippen molar-refractivity contribution in [2.24, 2.45) is 0 Å². The lowest BCUT2D eigenvalue weighted by atomic mass is 10.1. The van der Waals surface area contributed by atoms with E-state index in [-0.39, 0.29) is 5.69 Å². The molecule has 0 radical (unpaired) electrons. The quantitative estimate of drug-likeness (QED) is 0.763. The molecular weight excluding hydrogens is 202 g/mol. The van der Waals surface area contributed by atoms with E-state index in [2.05, 4.69) is 19.2 Å². The van der Waals surface area contributed by atoms with Gasteiger partial charge in [0.1, 0.15) is 0 Å². The van der Waals surface area contributed by atoms with Crippen molar-refractivity contribution in [1.82, 2.24) is 14.5 Å². The third-order valence-electron chi connectivity index (χ3n) is 2.81. The Kier molecular flexibility index (Phi) is 5.32. The molecular formula is C12H23N3O. The summed E-state index contributed by atoms with van der Waals surface area (Å²) in [6.45, 7) is 8.72. The second-order valence-corrected chi connectivity index (χ2v) is 4.06. The number of aryl methyl sites for hydroxylation is 1. The second-order valence-electron chi connectivity index (χ2n) is 4.06. The number of aromatic nitrogens is 2. The molecule has 0 aliphatic heterocycles. The van der Waals surface area contributed by atoms with Crippen LogP contribution in [0.2, 0.25) is 0 Å². The normalized spacial score (nSPS) is 12.9. The summed E-state index contributed by atoms with van der Waals surface area (Å²) < 4.78 is 3.53. The van der Waals surface area contributed by atoms with Gasteiger partial charge in [-0.15, -0.1) is 0 Å². The smallest absolute Gasteiger partial charge is 0.312 e. The van der Waals surface area contributed by atoms with Crippen molar-refractivity contribution >= 4 is 0 Å². The first-order chi connectivity index (χ1) is 7.72. The predicted molar refractivity (Wildman–Crippen MR) is 66.7 cm³/mol. The summed E-state index contributed by atoms with van der Waals surface area (Å²) in [5, 5.41) is 3.42. The maximum atomic E-state index is 11.8. The van der Waals surface area contributed by atoms with E-state index in [0.717, 1.165) is 32.5 Å². The Morgan fingerprint density at radius 2 is 1.94 bits per heavy atom. The number of hydrogen-bond donors (Lipinski definition) is 1. The van der Waals surface area contributed by atoms with Crippen LogP contribution in [0.15, 0.2) is 17.2 Å². The van der Waals surface area contributed by atoms with Gasteiger partial charge in [0, 0.05) is 31.5 Å². The average Bonchev–Trinajstić information content (AvgIpc) is 2.61. The fourth-order valence-electron chi connectivity index (χ4n) is 1.97. The highest BCUT2D eigenvalue weighted by Crippen LogP contribution is 1.99. The Hall–Kier alpha value is -1.03. The van der Waals surface area contributed by atoms with Gasteiger partial charge in [-0.3, -0.25) is 9.13 Å². The van der Waals surface area contributed by atoms with Crippen molar-refractivity contribution in [2.45, 2.75) is 52.7 Å². The van der Waals surface area contributed by atoms with Crippen LogP contribution in [0.5, 0.6) is 0 Å². The minimum Gasteiger partial charge on any atom is -0.312 e. The zero-order valence-corrected chi connectivity index (χ0v) is 10.6. The van der Waals surface area contributed by atoms with Gasteiger partial charge in [-0.25, -0.2) is 4.79 Å². The molecule has 1 N–H and O–H groups in total. The molecule has 92 valence electrons. The summed E-state index contributed by atoms with van der Waals surface area (Å²) in [4.78, 5) is 11.8. The molecule has 16 heavy (non-hydrogen) atoms. The number of hydrogen-bond acceptors (Lipinski definition) is 2. The number of likely N-dealkylation sites (N-methyl/N-ethyl adjacent to an activating group) is 1. The van der Waals surface area contributed by atoms with E-state index in [9.17, 15) is 4.79 Å². The lowest BCUT2D eigenvalue weighted by Crippen LogP contribution is -2.36. The predicted octanol–water partition coefficient (Wildman–Crippen LogP) is 1.45. The van der Waals surface area contributed by atoms with Gasteiger partial charge >= 0.3 is 5.69 Å². The van der Waals surface area contributed by atoms with Crippen molar-refractivity contribution in [1.29, 1.82) is 0 Å². The van der Waals surface area contributed by atoms with Gasteiger partial charge in [0.05, 0.1) is 0 Å².